The van der Waals surface area contributed by atoms with Crippen LogP contribution in [0.5, 0.6) is 0 Å². The molecule has 0 aliphatic heterocycles. The Morgan fingerprint density at radius 1 is 1.44 bits per heavy atom. The molecule has 0 unspecified atom stereocenters. The van der Waals surface area contributed by atoms with Crippen LogP contribution in [0.1, 0.15) is 5.56 Å². The van der Waals surface area contributed by atoms with Gasteiger partial charge >= 0.3 is 0 Å². The van der Waals surface area contributed by atoms with E-state index in [0.29, 0.717) is 18.1 Å². The van der Waals surface area contributed by atoms with Crippen LogP contribution in [0, 0.1) is 0 Å². The normalized spacial score (nSPS) is 10.1. The monoisotopic (exact) mass is 331 g/mol. The fraction of sp³-hybridized carbons (Fsp3) is 0.273. The number of rotatable bonds is 7. The van der Waals surface area contributed by atoms with Crippen molar-refractivity contribution in [2.75, 3.05) is 25.1 Å². The first kappa shape index (κ1) is 14.9. The van der Waals surface area contributed by atoms with E-state index in [1.165, 1.54) is 0 Å². The molecule has 0 bridgehead atoms. The van der Waals surface area contributed by atoms with E-state index in [-0.39, 0.29) is 6.61 Å². The van der Waals surface area contributed by atoms with Gasteiger partial charge in [-0.2, -0.15) is 0 Å². The first-order chi connectivity index (χ1) is 8.50. The zero-order chi connectivity index (χ0) is 13.5. The largest absolute Gasteiger partial charge is 0.389 e. The summed E-state index contributed by atoms with van der Waals surface area (Å²) in [6, 6.07) is 5.59. The average molecular weight is 332 g/mol. The number of hydrogen-bond donors (Lipinski definition) is 3. The van der Waals surface area contributed by atoms with Crippen molar-refractivity contribution >= 4 is 44.7 Å². The van der Waals surface area contributed by atoms with Crippen LogP contribution in [0.3, 0.4) is 0 Å². The molecule has 0 saturated heterocycles. The van der Waals surface area contributed by atoms with Gasteiger partial charge < -0.3 is 21.5 Å². The highest BCUT2D eigenvalue weighted by atomic mass is 79.9. The molecule has 0 heterocycles. The van der Waals surface area contributed by atoms with E-state index in [0.717, 1.165) is 15.7 Å². The summed E-state index contributed by atoms with van der Waals surface area (Å²) in [5, 5.41) is 3.13. The fourth-order valence-corrected chi connectivity index (χ4v) is 1.84. The molecule has 0 aromatic heterocycles. The number of anilines is 1. The zero-order valence-electron chi connectivity index (χ0n) is 9.61. The molecule has 5 N–H and O–H groups in total. The molecule has 5 nitrogen and oxygen atoms in total. The highest BCUT2D eigenvalue weighted by molar-refractivity contribution is 9.10. The summed E-state index contributed by atoms with van der Waals surface area (Å²) < 4.78 is 5.93. The highest BCUT2D eigenvalue weighted by Crippen LogP contribution is 2.20. The van der Waals surface area contributed by atoms with Crippen LogP contribution in [0.2, 0.25) is 0 Å². The zero-order valence-corrected chi connectivity index (χ0v) is 12.0. The molecule has 0 atom stereocenters. The average Bonchev–Trinajstić information content (AvgIpc) is 2.29. The summed E-state index contributed by atoms with van der Waals surface area (Å²) in [5.41, 5.74) is 12.2. The number of amides is 1. The predicted molar refractivity (Wildman–Crippen MR) is 78.5 cm³/mol. The molecule has 0 fully saturated rings. The lowest BCUT2D eigenvalue weighted by Crippen LogP contribution is -2.21. The molecule has 1 amide bonds. The maximum absolute atomic E-state index is 10.5. The van der Waals surface area contributed by atoms with E-state index < -0.39 is 5.91 Å². The third kappa shape index (κ3) is 4.99. The van der Waals surface area contributed by atoms with Crippen LogP contribution >= 0.6 is 28.1 Å². The molecule has 0 aliphatic rings. The Balaban J connectivity index is 2.51. The molecule has 0 spiro atoms. The van der Waals surface area contributed by atoms with Crippen LogP contribution in [0.15, 0.2) is 22.7 Å². The Morgan fingerprint density at radius 3 is 2.78 bits per heavy atom. The molecule has 18 heavy (non-hydrogen) atoms. The predicted octanol–water partition coefficient (Wildman–Crippen LogP) is 0.997. The second-order valence-electron chi connectivity index (χ2n) is 3.50. The smallest absolute Gasteiger partial charge is 0.243 e. The number of nitrogens with two attached hydrogens (primary N) is 2. The first-order valence-electron chi connectivity index (χ1n) is 5.20. The molecule has 0 aliphatic carbocycles. The Kier molecular flexibility index (Phi) is 6.03. The SMILES string of the molecule is NC(=O)COCCNc1ccc(Br)cc1C(N)=S. The van der Waals surface area contributed by atoms with Crippen molar-refractivity contribution in [3.63, 3.8) is 0 Å². The molecule has 1 rings (SSSR count). The van der Waals surface area contributed by atoms with Gasteiger partial charge in [0.1, 0.15) is 11.6 Å². The van der Waals surface area contributed by atoms with Gasteiger partial charge in [0.2, 0.25) is 5.91 Å². The Hall–Kier alpha value is -1.18. The molecule has 0 saturated carbocycles. The molecule has 0 radical (unpaired) electrons. The van der Waals surface area contributed by atoms with Crippen LogP contribution in [0.25, 0.3) is 0 Å². The molecular formula is C11H14BrN3O2S. The lowest BCUT2D eigenvalue weighted by atomic mass is 10.2. The van der Waals surface area contributed by atoms with Crippen LogP contribution in [-0.2, 0) is 9.53 Å². The van der Waals surface area contributed by atoms with E-state index in [1.54, 1.807) is 0 Å². The van der Waals surface area contributed by atoms with Gasteiger partial charge in [0.15, 0.2) is 0 Å². The number of carbonyl (C=O) groups is 1. The van der Waals surface area contributed by atoms with Gasteiger partial charge in [0, 0.05) is 22.3 Å². The van der Waals surface area contributed by atoms with Crippen molar-refractivity contribution in [2.24, 2.45) is 11.5 Å². The second kappa shape index (κ2) is 7.30. The van der Waals surface area contributed by atoms with Crippen molar-refractivity contribution in [1.29, 1.82) is 0 Å². The van der Waals surface area contributed by atoms with E-state index in [1.807, 2.05) is 18.2 Å². The number of primary amides is 1. The quantitative estimate of drug-likeness (QED) is 0.512. The topological polar surface area (TPSA) is 90.4 Å². The molecular weight excluding hydrogens is 318 g/mol. The number of benzene rings is 1. The van der Waals surface area contributed by atoms with Gasteiger partial charge in [-0.1, -0.05) is 28.1 Å². The molecule has 98 valence electrons. The Labute approximate surface area is 119 Å². The van der Waals surface area contributed by atoms with Gasteiger partial charge in [-0.05, 0) is 18.2 Å². The van der Waals surface area contributed by atoms with Gasteiger partial charge in [0.05, 0.1) is 6.61 Å². The van der Waals surface area contributed by atoms with Gasteiger partial charge in [0.25, 0.3) is 0 Å². The standard InChI is InChI=1S/C11H14BrN3O2S/c12-7-1-2-9(8(5-7)11(14)18)15-3-4-17-6-10(13)16/h1-2,5,15H,3-4,6H2,(H2,13,16)(H2,14,18). The van der Waals surface area contributed by atoms with Gasteiger partial charge in [-0.25, -0.2) is 0 Å². The third-order valence-electron chi connectivity index (χ3n) is 2.05. The molecule has 7 heteroatoms. The summed E-state index contributed by atoms with van der Waals surface area (Å²) >= 11 is 8.32. The third-order valence-corrected chi connectivity index (χ3v) is 2.77. The maximum atomic E-state index is 10.5. The summed E-state index contributed by atoms with van der Waals surface area (Å²) in [5.74, 6) is -0.484. The fourth-order valence-electron chi connectivity index (χ4n) is 1.31. The maximum Gasteiger partial charge on any atom is 0.243 e. The summed E-state index contributed by atoms with van der Waals surface area (Å²) in [6.07, 6.45) is 0. The number of thiocarbonyl (C=S) groups is 1. The lowest BCUT2D eigenvalue weighted by Gasteiger charge is -2.11. The minimum absolute atomic E-state index is 0.0792. The number of nitrogens with one attached hydrogen (secondary N) is 1. The van der Waals surface area contributed by atoms with E-state index in [4.69, 9.17) is 28.4 Å². The van der Waals surface area contributed by atoms with Crippen molar-refractivity contribution in [2.45, 2.75) is 0 Å². The first-order valence-corrected chi connectivity index (χ1v) is 6.40. The Morgan fingerprint density at radius 2 is 2.17 bits per heavy atom. The molecule has 1 aromatic carbocycles. The van der Waals surface area contributed by atoms with Crippen molar-refractivity contribution in [1.82, 2.24) is 0 Å². The van der Waals surface area contributed by atoms with Crippen molar-refractivity contribution < 1.29 is 9.53 Å². The van der Waals surface area contributed by atoms with Crippen LogP contribution in [0.4, 0.5) is 5.69 Å². The van der Waals surface area contributed by atoms with E-state index >= 15 is 0 Å². The highest BCUT2D eigenvalue weighted by Gasteiger charge is 2.05. The van der Waals surface area contributed by atoms with Gasteiger partial charge in [-0.3, -0.25) is 4.79 Å². The summed E-state index contributed by atoms with van der Waals surface area (Å²) in [7, 11) is 0. The van der Waals surface area contributed by atoms with Gasteiger partial charge in [-0.15, -0.1) is 0 Å². The summed E-state index contributed by atoms with van der Waals surface area (Å²) in [4.78, 5) is 10.8. The minimum atomic E-state index is -0.484. The van der Waals surface area contributed by atoms with Crippen LogP contribution in [-0.4, -0.2) is 30.7 Å². The second-order valence-corrected chi connectivity index (χ2v) is 4.86. The lowest BCUT2D eigenvalue weighted by molar-refractivity contribution is -0.122. The number of halogens is 1. The minimum Gasteiger partial charge on any atom is -0.389 e. The number of carbonyl (C=O) groups excluding carboxylic acids is 1. The van der Waals surface area contributed by atoms with E-state index in [2.05, 4.69) is 21.2 Å². The van der Waals surface area contributed by atoms with Crippen LogP contribution < -0.4 is 16.8 Å². The number of ether oxygens (including phenoxy) is 1. The Bertz CT molecular complexity index is 454. The molecule has 1 aromatic rings. The van der Waals surface area contributed by atoms with Crippen molar-refractivity contribution in [3.8, 4) is 0 Å². The summed E-state index contributed by atoms with van der Waals surface area (Å²) in [6.45, 7) is 0.824. The number of hydrogen-bond acceptors (Lipinski definition) is 4. The van der Waals surface area contributed by atoms with Crippen molar-refractivity contribution in [3.05, 3.63) is 28.2 Å². The van der Waals surface area contributed by atoms with E-state index in [9.17, 15) is 4.79 Å².